The molecule has 2 aliphatic rings. The first-order valence-corrected chi connectivity index (χ1v) is 19.0. The average Bonchev–Trinajstić information content (AvgIpc) is 3.50. The van der Waals surface area contributed by atoms with Crippen molar-refractivity contribution in [2.45, 2.75) is 25.4 Å². The minimum atomic E-state index is -0.284. The second-order valence-electron chi connectivity index (χ2n) is 15.0. The van der Waals surface area contributed by atoms with E-state index in [1.807, 2.05) is 12.1 Å². The molecule has 10 rings (SSSR count). The van der Waals surface area contributed by atoms with Crippen molar-refractivity contribution in [3.05, 3.63) is 216 Å². The van der Waals surface area contributed by atoms with E-state index in [4.69, 9.17) is 9.98 Å². The third-order valence-electron chi connectivity index (χ3n) is 11.3. The van der Waals surface area contributed by atoms with Crippen LogP contribution in [0.3, 0.4) is 0 Å². The Morgan fingerprint density at radius 1 is 0.473 bits per heavy atom. The molecule has 1 unspecified atom stereocenters. The van der Waals surface area contributed by atoms with E-state index in [-0.39, 0.29) is 11.6 Å². The highest BCUT2D eigenvalue weighted by molar-refractivity contribution is 6.14. The Balaban J connectivity index is 1.18. The lowest BCUT2D eigenvalue weighted by Crippen LogP contribution is -2.33. The fraction of sp³-hybridized carbons (Fsp3) is 0.0769. The molecule has 0 saturated heterocycles. The van der Waals surface area contributed by atoms with Gasteiger partial charge in [0.2, 0.25) is 0 Å². The molecule has 1 heterocycles. The Kier molecular flexibility index (Phi) is 7.88. The van der Waals surface area contributed by atoms with Crippen LogP contribution in [-0.2, 0) is 5.41 Å². The lowest BCUT2D eigenvalue weighted by molar-refractivity contribution is 0.665. The van der Waals surface area contributed by atoms with Crippen LogP contribution in [0.15, 0.2) is 198 Å². The minimum Gasteiger partial charge on any atom is -0.344 e. The summed E-state index contributed by atoms with van der Waals surface area (Å²) >= 11 is 0. The monoisotopic (exact) mass is 705 g/mol. The molecular formula is C52H39N3. The molecule has 3 heteroatoms. The molecule has 3 nitrogen and oxygen atoms in total. The van der Waals surface area contributed by atoms with Crippen LogP contribution in [0, 0.1) is 0 Å². The van der Waals surface area contributed by atoms with E-state index < -0.39 is 0 Å². The molecule has 0 amide bonds. The first kappa shape index (κ1) is 32.8. The van der Waals surface area contributed by atoms with Gasteiger partial charge in [-0.3, -0.25) is 0 Å². The molecule has 0 radical (unpaired) electrons. The standard InChI is InChI=1S/C52H39N3/c1-52(2)46-33-39(51-54-49(36-21-11-5-12-22-36)53-50(55-51)37-23-13-6-14-24-37)27-28-44(46)47-45(32-38-25-15-16-26-43(38)48(47)52)42-30-40(34-17-7-3-8-18-34)29-41(31-42)35-19-9-4-10-20-35/h3-33,49H,1-2H3,(H,53,54,55). The zero-order chi connectivity index (χ0) is 36.9. The number of fused-ring (bicyclic) bond motifs is 5. The fourth-order valence-corrected chi connectivity index (χ4v) is 8.56. The van der Waals surface area contributed by atoms with Crippen LogP contribution in [-0.4, -0.2) is 11.7 Å². The van der Waals surface area contributed by atoms with Crippen LogP contribution < -0.4 is 5.32 Å². The van der Waals surface area contributed by atoms with Gasteiger partial charge in [0.1, 0.15) is 12.0 Å². The summed E-state index contributed by atoms with van der Waals surface area (Å²) in [4.78, 5) is 10.4. The Morgan fingerprint density at radius 2 is 1.04 bits per heavy atom. The second-order valence-corrected chi connectivity index (χ2v) is 15.0. The molecule has 1 N–H and O–H groups in total. The first-order chi connectivity index (χ1) is 27.0. The first-order valence-electron chi connectivity index (χ1n) is 19.0. The summed E-state index contributed by atoms with van der Waals surface area (Å²) in [6.45, 7) is 4.76. The summed E-state index contributed by atoms with van der Waals surface area (Å²) in [5, 5.41) is 6.15. The molecule has 0 bridgehead atoms. The third kappa shape index (κ3) is 5.77. The molecule has 1 aliphatic carbocycles. The maximum Gasteiger partial charge on any atom is 0.159 e. The number of rotatable bonds is 6. The van der Waals surface area contributed by atoms with E-state index >= 15 is 0 Å². The van der Waals surface area contributed by atoms with Crippen molar-refractivity contribution in [2.75, 3.05) is 0 Å². The van der Waals surface area contributed by atoms with Crippen molar-refractivity contribution in [1.82, 2.24) is 5.32 Å². The molecule has 55 heavy (non-hydrogen) atoms. The molecule has 0 spiro atoms. The number of aliphatic imine (C=N–C) groups is 2. The number of amidine groups is 2. The van der Waals surface area contributed by atoms with Crippen LogP contribution in [0.1, 0.15) is 47.8 Å². The van der Waals surface area contributed by atoms with Gasteiger partial charge in [-0.2, -0.15) is 0 Å². The molecule has 0 saturated carbocycles. The molecule has 262 valence electrons. The number of nitrogens with one attached hydrogen (secondary N) is 1. The highest BCUT2D eigenvalue weighted by Gasteiger charge is 2.39. The van der Waals surface area contributed by atoms with Gasteiger partial charge in [0.05, 0.1) is 0 Å². The van der Waals surface area contributed by atoms with Crippen molar-refractivity contribution < 1.29 is 0 Å². The number of hydrogen-bond donors (Lipinski definition) is 1. The van der Waals surface area contributed by atoms with E-state index in [2.05, 4.69) is 195 Å². The van der Waals surface area contributed by atoms with E-state index in [0.29, 0.717) is 0 Å². The van der Waals surface area contributed by atoms with Crippen LogP contribution in [0.25, 0.3) is 55.3 Å². The van der Waals surface area contributed by atoms with Gasteiger partial charge in [-0.15, -0.1) is 0 Å². The van der Waals surface area contributed by atoms with Crippen LogP contribution >= 0.6 is 0 Å². The van der Waals surface area contributed by atoms with Gasteiger partial charge in [0.15, 0.2) is 5.84 Å². The van der Waals surface area contributed by atoms with Crippen molar-refractivity contribution in [2.24, 2.45) is 9.98 Å². The van der Waals surface area contributed by atoms with Crippen LogP contribution in [0.5, 0.6) is 0 Å². The summed E-state index contributed by atoms with van der Waals surface area (Å²) in [7, 11) is 0. The predicted octanol–water partition coefficient (Wildman–Crippen LogP) is 12.6. The molecule has 0 aromatic heterocycles. The molecule has 1 atom stereocenters. The normalized spacial score (nSPS) is 15.4. The van der Waals surface area contributed by atoms with Crippen molar-refractivity contribution >= 4 is 22.4 Å². The van der Waals surface area contributed by atoms with E-state index in [9.17, 15) is 0 Å². The fourth-order valence-electron chi connectivity index (χ4n) is 8.56. The smallest absolute Gasteiger partial charge is 0.159 e. The Morgan fingerprint density at radius 3 is 1.69 bits per heavy atom. The molecular weight excluding hydrogens is 667 g/mol. The molecule has 8 aromatic rings. The zero-order valence-electron chi connectivity index (χ0n) is 30.9. The highest BCUT2D eigenvalue weighted by atomic mass is 15.2. The van der Waals surface area contributed by atoms with Gasteiger partial charge >= 0.3 is 0 Å². The highest BCUT2D eigenvalue weighted by Crippen LogP contribution is 2.55. The van der Waals surface area contributed by atoms with Gasteiger partial charge < -0.3 is 5.32 Å². The van der Waals surface area contributed by atoms with Crippen molar-refractivity contribution in [3.8, 4) is 44.5 Å². The van der Waals surface area contributed by atoms with Crippen molar-refractivity contribution in [1.29, 1.82) is 0 Å². The van der Waals surface area contributed by atoms with Gasteiger partial charge in [0, 0.05) is 16.5 Å². The number of nitrogens with zero attached hydrogens (tertiary/aromatic N) is 2. The molecule has 0 fully saturated rings. The minimum absolute atomic E-state index is 0.256. The van der Waals surface area contributed by atoms with Gasteiger partial charge in [-0.1, -0.05) is 172 Å². The van der Waals surface area contributed by atoms with Gasteiger partial charge in [-0.05, 0) is 102 Å². The Bertz CT molecular complexity index is 2730. The maximum atomic E-state index is 5.23. The van der Waals surface area contributed by atoms with Crippen molar-refractivity contribution in [3.63, 3.8) is 0 Å². The Hall–Kier alpha value is -6.84. The van der Waals surface area contributed by atoms with Crippen LogP contribution in [0.4, 0.5) is 0 Å². The topological polar surface area (TPSA) is 36.8 Å². The van der Waals surface area contributed by atoms with Gasteiger partial charge in [-0.25, -0.2) is 9.98 Å². The van der Waals surface area contributed by atoms with Gasteiger partial charge in [0.25, 0.3) is 0 Å². The second kappa shape index (κ2) is 13.2. The summed E-state index contributed by atoms with van der Waals surface area (Å²) < 4.78 is 0. The lowest BCUT2D eigenvalue weighted by Gasteiger charge is -2.25. The van der Waals surface area contributed by atoms with E-state index in [1.165, 1.54) is 66.4 Å². The summed E-state index contributed by atoms with van der Waals surface area (Å²) in [6, 6.07) is 67.5. The molecule has 8 aromatic carbocycles. The average molecular weight is 706 g/mol. The third-order valence-corrected chi connectivity index (χ3v) is 11.3. The SMILES string of the molecule is CC1(C)c2cc(C3=NC(c4ccccc4)NC(c4ccccc4)=N3)ccc2-c2c(-c3cc(-c4ccccc4)cc(-c4ccccc4)c3)cc3ccccc3c21. The zero-order valence-corrected chi connectivity index (χ0v) is 30.9. The maximum absolute atomic E-state index is 5.23. The lowest BCUT2D eigenvalue weighted by atomic mass is 9.78. The van der Waals surface area contributed by atoms with E-state index in [1.54, 1.807) is 0 Å². The quantitative estimate of drug-likeness (QED) is 0.184. The Labute approximate surface area is 322 Å². The summed E-state index contributed by atoms with van der Waals surface area (Å²) in [5.41, 5.74) is 15.3. The molecule has 1 aliphatic heterocycles. The largest absolute Gasteiger partial charge is 0.344 e. The summed E-state index contributed by atoms with van der Waals surface area (Å²) in [6.07, 6.45) is -0.256. The summed E-state index contributed by atoms with van der Waals surface area (Å²) in [5.74, 6) is 1.55. The number of benzene rings is 8. The van der Waals surface area contributed by atoms with E-state index in [0.717, 1.165) is 28.4 Å². The predicted molar refractivity (Wildman–Crippen MR) is 230 cm³/mol. The van der Waals surface area contributed by atoms with Crippen LogP contribution in [0.2, 0.25) is 0 Å². The number of hydrogen-bond acceptors (Lipinski definition) is 3.